The maximum atomic E-state index is 6.51. The summed E-state index contributed by atoms with van der Waals surface area (Å²) in [6, 6.07) is 64.2. The lowest BCUT2D eigenvalue weighted by atomic mass is 9.81. The molecular formula is C62H56N2O. The van der Waals surface area contributed by atoms with Crippen LogP contribution in [0.2, 0.25) is 0 Å². The van der Waals surface area contributed by atoms with Gasteiger partial charge in [-0.1, -0.05) is 151 Å². The van der Waals surface area contributed by atoms with E-state index in [-0.39, 0.29) is 10.8 Å². The first-order chi connectivity index (χ1) is 31.5. The number of hydrogen-bond acceptors (Lipinski definition) is 3. The molecule has 3 aliphatic rings. The van der Waals surface area contributed by atoms with Crippen molar-refractivity contribution >= 4 is 50.4 Å². The summed E-state index contributed by atoms with van der Waals surface area (Å²) in [5.74, 6) is 0.637. The molecule has 1 aromatic heterocycles. The minimum atomic E-state index is -0.223. The van der Waals surface area contributed by atoms with Crippen molar-refractivity contribution in [3.63, 3.8) is 0 Å². The molecule has 8 aromatic carbocycles. The third-order valence-corrected chi connectivity index (χ3v) is 15.2. The van der Waals surface area contributed by atoms with Crippen LogP contribution in [0.1, 0.15) is 94.0 Å². The molecule has 1 fully saturated rings. The van der Waals surface area contributed by atoms with Crippen LogP contribution in [-0.4, -0.2) is 6.04 Å². The Balaban J connectivity index is 0.902. The summed E-state index contributed by atoms with van der Waals surface area (Å²) in [4.78, 5) is 5.09. The Morgan fingerprint density at radius 1 is 0.569 bits per heavy atom. The standard InChI is InChI=1S/C62H56N2O/c1-39-22-28-45(37-54(39)61(2,3)4)63(43-29-23-40(24-30-43)41-25-31-44(32-26-41)64-57-19-10-7-14-50(57)51-15-8-11-20-58(51)64)46-33-35-49-48-34-27-42(36-55(48)62(5,6)56(49)38-46)47-17-13-18-53-52-16-9-12-21-59(52)65-60(47)53/h7,9-10,12-14,16-19,21-38,51,58H,8,11,15,20H2,1-6H3. The molecule has 2 heterocycles. The molecule has 65 heavy (non-hydrogen) atoms. The number of rotatable bonds is 6. The second-order valence-electron chi connectivity index (χ2n) is 20.5. The second kappa shape index (κ2) is 14.9. The predicted molar refractivity (Wildman–Crippen MR) is 274 cm³/mol. The Kier molecular flexibility index (Phi) is 9.08. The first-order valence-electron chi connectivity index (χ1n) is 23.7. The van der Waals surface area contributed by atoms with Crippen LogP contribution in [-0.2, 0) is 10.8 Å². The lowest BCUT2D eigenvalue weighted by molar-refractivity contribution is 0.402. The number of fused-ring (bicyclic) bond motifs is 9. The van der Waals surface area contributed by atoms with Gasteiger partial charge in [0, 0.05) is 62.1 Å². The van der Waals surface area contributed by atoms with Gasteiger partial charge in [0.2, 0.25) is 0 Å². The minimum Gasteiger partial charge on any atom is -0.455 e. The SMILES string of the molecule is Cc1ccc(N(c2ccc(-c3ccc(N4c5ccccc5C5CCCCC54)cc3)cc2)c2ccc3c(c2)C(C)(C)c2cc(-c4cccc5c4oc4ccccc45)ccc2-3)cc1C(C)(C)C. The van der Waals surface area contributed by atoms with Crippen molar-refractivity contribution in [3.05, 3.63) is 198 Å². The molecule has 1 aliphatic heterocycles. The average molecular weight is 845 g/mol. The largest absolute Gasteiger partial charge is 0.455 e. The molecule has 3 heteroatoms. The van der Waals surface area contributed by atoms with Gasteiger partial charge < -0.3 is 14.2 Å². The van der Waals surface area contributed by atoms with Crippen molar-refractivity contribution in [2.24, 2.45) is 0 Å². The Labute approximate surface area is 384 Å². The van der Waals surface area contributed by atoms with E-state index in [0.29, 0.717) is 12.0 Å². The number of nitrogens with zero attached hydrogens (tertiary/aromatic N) is 2. The van der Waals surface area contributed by atoms with Crippen LogP contribution in [0.25, 0.3) is 55.3 Å². The highest BCUT2D eigenvalue weighted by Crippen LogP contribution is 2.53. The van der Waals surface area contributed by atoms with Crippen LogP contribution in [0.4, 0.5) is 28.4 Å². The monoisotopic (exact) mass is 844 g/mol. The second-order valence-corrected chi connectivity index (χ2v) is 20.5. The average Bonchev–Trinajstić information content (AvgIpc) is 3.95. The molecule has 3 nitrogen and oxygen atoms in total. The fourth-order valence-electron chi connectivity index (χ4n) is 11.9. The van der Waals surface area contributed by atoms with Crippen molar-refractivity contribution in [2.75, 3.05) is 9.80 Å². The smallest absolute Gasteiger partial charge is 0.143 e. The van der Waals surface area contributed by atoms with Gasteiger partial charge in [-0.15, -0.1) is 0 Å². The normalized spacial score (nSPS) is 17.2. The molecule has 2 aliphatic carbocycles. The van der Waals surface area contributed by atoms with E-state index in [9.17, 15) is 0 Å². The number of hydrogen-bond donors (Lipinski definition) is 0. The molecule has 0 saturated heterocycles. The Morgan fingerprint density at radius 2 is 1.20 bits per heavy atom. The summed E-state index contributed by atoms with van der Waals surface area (Å²) in [7, 11) is 0. The fraction of sp³-hybridized carbons (Fsp3) is 0.226. The zero-order valence-electron chi connectivity index (χ0n) is 38.5. The van der Waals surface area contributed by atoms with Gasteiger partial charge in [-0.25, -0.2) is 0 Å². The predicted octanol–water partition coefficient (Wildman–Crippen LogP) is 17.5. The van der Waals surface area contributed by atoms with Gasteiger partial charge in [-0.2, -0.15) is 0 Å². The van der Waals surface area contributed by atoms with Crippen LogP contribution >= 0.6 is 0 Å². The molecule has 0 N–H and O–H groups in total. The lowest BCUT2D eigenvalue weighted by Crippen LogP contribution is -2.32. The van der Waals surface area contributed by atoms with E-state index in [1.165, 1.54) is 98.4 Å². The third kappa shape index (κ3) is 6.38. The summed E-state index contributed by atoms with van der Waals surface area (Å²) >= 11 is 0. The summed E-state index contributed by atoms with van der Waals surface area (Å²) in [5, 5.41) is 2.31. The van der Waals surface area contributed by atoms with Crippen LogP contribution in [0, 0.1) is 6.92 Å². The van der Waals surface area contributed by atoms with E-state index < -0.39 is 0 Å². The molecule has 0 spiro atoms. The van der Waals surface area contributed by atoms with Gasteiger partial charge >= 0.3 is 0 Å². The third-order valence-electron chi connectivity index (χ3n) is 15.2. The van der Waals surface area contributed by atoms with Crippen molar-refractivity contribution in [3.8, 4) is 33.4 Å². The molecule has 0 bridgehead atoms. The van der Waals surface area contributed by atoms with Gasteiger partial charge in [-0.3, -0.25) is 0 Å². The van der Waals surface area contributed by atoms with E-state index >= 15 is 0 Å². The van der Waals surface area contributed by atoms with Crippen molar-refractivity contribution in [2.45, 2.75) is 90.0 Å². The lowest BCUT2D eigenvalue weighted by Gasteiger charge is -2.33. The minimum absolute atomic E-state index is 0.00278. The first kappa shape index (κ1) is 39.7. The van der Waals surface area contributed by atoms with Crippen LogP contribution in [0.3, 0.4) is 0 Å². The topological polar surface area (TPSA) is 19.6 Å². The summed E-state index contributed by atoms with van der Waals surface area (Å²) in [6.07, 6.45) is 5.20. The zero-order chi connectivity index (χ0) is 44.2. The van der Waals surface area contributed by atoms with Gasteiger partial charge in [0.1, 0.15) is 11.2 Å². The summed E-state index contributed by atoms with van der Waals surface area (Å²) in [6.45, 7) is 14.0. The van der Waals surface area contributed by atoms with E-state index in [2.05, 4.69) is 215 Å². The Morgan fingerprint density at radius 3 is 2.00 bits per heavy atom. The van der Waals surface area contributed by atoms with Crippen LogP contribution in [0.5, 0.6) is 0 Å². The van der Waals surface area contributed by atoms with E-state index in [1.807, 2.05) is 6.07 Å². The number of anilines is 5. The first-order valence-corrected chi connectivity index (χ1v) is 23.7. The highest BCUT2D eigenvalue weighted by Gasteiger charge is 2.40. The fourth-order valence-corrected chi connectivity index (χ4v) is 11.9. The number of aryl methyl sites for hydroxylation is 1. The van der Waals surface area contributed by atoms with Gasteiger partial charge in [0.15, 0.2) is 0 Å². The maximum absolute atomic E-state index is 6.51. The maximum Gasteiger partial charge on any atom is 0.143 e. The molecule has 1 saturated carbocycles. The van der Waals surface area contributed by atoms with E-state index in [4.69, 9.17) is 4.42 Å². The number of para-hydroxylation sites is 3. The van der Waals surface area contributed by atoms with Gasteiger partial charge in [0.05, 0.1) is 0 Å². The molecule has 320 valence electrons. The van der Waals surface area contributed by atoms with Crippen LogP contribution < -0.4 is 9.80 Å². The molecule has 9 aromatic rings. The quantitative estimate of drug-likeness (QED) is 0.166. The van der Waals surface area contributed by atoms with Crippen molar-refractivity contribution in [1.82, 2.24) is 0 Å². The van der Waals surface area contributed by atoms with Crippen molar-refractivity contribution in [1.29, 1.82) is 0 Å². The molecule has 12 rings (SSSR count). The molecule has 2 unspecified atom stereocenters. The van der Waals surface area contributed by atoms with Crippen LogP contribution in [0.15, 0.2) is 174 Å². The molecule has 0 radical (unpaired) electrons. The highest BCUT2D eigenvalue weighted by molar-refractivity contribution is 6.09. The Hall–Kier alpha value is -6.84. The number of furan rings is 1. The van der Waals surface area contributed by atoms with Gasteiger partial charge in [0.25, 0.3) is 0 Å². The van der Waals surface area contributed by atoms with Gasteiger partial charge in [-0.05, 0) is 148 Å². The Bertz CT molecular complexity index is 3310. The molecular weight excluding hydrogens is 789 g/mol. The molecule has 0 amide bonds. The highest BCUT2D eigenvalue weighted by atomic mass is 16.3. The zero-order valence-corrected chi connectivity index (χ0v) is 38.5. The van der Waals surface area contributed by atoms with Crippen molar-refractivity contribution < 1.29 is 4.42 Å². The number of benzene rings is 8. The van der Waals surface area contributed by atoms with E-state index in [0.717, 1.165) is 38.9 Å². The van der Waals surface area contributed by atoms with E-state index in [1.54, 1.807) is 0 Å². The summed E-state index contributed by atoms with van der Waals surface area (Å²) in [5.41, 5.74) is 22.1. The summed E-state index contributed by atoms with van der Waals surface area (Å²) < 4.78 is 6.51. The molecule has 2 atom stereocenters.